The lowest BCUT2D eigenvalue weighted by Gasteiger charge is -2.35. The molecule has 2 unspecified atom stereocenters. The van der Waals surface area contributed by atoms with Crippen LogP contribution in [-0.4, -0.2) is 17.5 Å². The first-order valence-corrected chi connectivity index (χ1v) is 11.8. The molecule has 1 N–H and O–H groups in total. The molecular formula is C31H27F2NO3. The van der Waals surface area contributed by atoms with Gasteiger partial charge in [-0.3, -0.25) is 0 Å². The van der Waals surface area contributed by atoms with E-state index in [4.69, 9.17) is 14.7 Å². The monoisotopic (exact) mass is 499 g/mol. The van der Waals surface area contributed by atoms with E-state index in [1.54, 1.807) is 19.3 Å². The number of nitrogens with zero attached hydrogens (tertiary/aromatic N) is 1. The van der Waals surface area contributed by atoms with Crippen molar-refractivity contribution in [2.24, 2.45) is 5.16 Å². The van der Waals surface area contributed by atoms with Crippen LogP contribution in [0.3, 0.4) is 0 Å². The van der Waals surface area contributed by atoms with Gasteiger partial charge in [0.05, 0.1) is 18.6 Å². The summed E-state index contributed by atoms with van der Waals surface area (Å²) in [7, 11) is 0. The molecule has 0 radical (unpaired) electrons. The third kappa shape index (κ3) is 5.76. The maximum atomic E-state index is 14.4. The van der Waals surface area contributed by atoms with Crippen molar-refractivity contribution in [3.05, 3.63) is 155 Å². The van der Waals surface area contributed by atoms with E-state index in [-0.39, 0.29) is 5.56 Å². The maximum Gasteiger partial charge on any atom is 0.183 e. The fourth-order valence-electron chi connectivity index (χ4n) is 4.24. The average molecular weight is 500 g/mol. The smallest absolute Gasteiger partial charge is 0.183 e. The molecule has 0 fully saturated rings. The second kappa shape index (κ2) is 12.1. The van der Waals surface area contributed by atoms with E-state index in [0.29, 0.717) is 0 Å². The van der Waals surface area contributed by atoms with Crippen LogP contribution in [0.4, 0.5) is 8.78 Å². The minimum atomic E-state index is -1.11. The van der Waals surface area contributed by atoms with E-state index in [1.165, 1.54) is 12.1 Å². The Morgan fingerprint density at radius 2 is 1.27 bits per heavy atom. The SMILES string of the molecule is CC(C=COC(c1ccccc1)(c1ccccc1)c1ccccc1)OC(C=NO)c1cccc(F)c1F. The fourth-order valence-corrected chi connectivity index (χ4v) is 4.24. The Labute approximate surface area is 215 Å². The van der Waals surface area contributed by atoms with Gasteiger partial charge in [-0.2, -0.15) is 0 Å². The standard InChI is InChI=1S/C31H27F2NO3/c1-23(37-29(22-34-35)27-18-11-19-28(32)30(27)33)20-21-36-31(24-12-5-2-6-13-24,25-14-7-3-8-15-25)26-16-9-4-10-17-26/h2-23,29,35H,1H3. The highest BCUT2D eigenvalue weighted by atomic mass is 19.2. The number of hydrogen-bond donors (Lipinski definition) is 1. The number of ether oxygens (including phenoxy) is 2. The maximum absolute atomic E-state index is 14.4. The second-order valence-corrected chi connectivity index (χ2v) is 8.40. The van der Waals surface area contributed by atoms with Crippen molar-refractivity contribution >= 4 is 6.21 Å². The van der Waals surface area contributed by atoms with Gasteiger partial charge in [0.1, 0.15) is 6.10 Å². The average Bonchev–Trinajstić information content (AvgIpc) is 2.94. The molecule has 0 saturated carbocycles. The Bertz CT molecular complexity index is 1230. The Hall–Kier alpha value is -4.29. The predicted octanol–water partition coefficient (Wildman–Crippen LogP) is 7.39. The molecule has 37 heavy (non-hydrogen) atoms. The zero-order valence-corrected chi connectivity index (χ0v) is 20.2. The van der Waals surface area contributed by atoms with Gasteiger partial charge in [-0.15, -0.1) is 0 Å². The second-order valence-electron chi connectivity index (χ2n) is 8.40. The number of halogens is 2. The van der Waals surface area contributed by atoms with Gasteiger partial charge in [0.2, 0.25) is 0 Å². The van der Waals surface area contributed by atoms with E-state index in [1.807, 2.05) is 91.0 Å². The summed E-state index contributed by atoms with van der Waals surface area (Å²) >= 11 is 0. The summed E-state index contributed by atoms with van der Waals surface area (Å²) in [5.41, 5.74) is 1.75. The molecule has 0 bridgehead atoms. The summed E-state index contributed by atoms with van der Waals surface area (Å²) in [6.45, 7) is 1.73. The van der Waals surface area contributed by atoms with Crippen LogP contribution in [0.1, 0.15) is 35.3 Å². The zero-order valence-electron chi connectivity index (χ0n) is 20.2. The van der Waals surface area contributed by atoms with Crippen LogP contribution >= 0.6 is 0 Å². The molecular weight excluding hydrogens is 472 g/mol. The summed E-state index contributed by atoms with van der Waals surface area (Å²) in [6.07, 6.45) is 2.50. The van der Waals surface area contributed by atoms with E-state index >= 15 is 0 Å². The number of rotatable bonds is 10. The highest BCUT2D eigenvalue weighted by molar-refractivity contribution is 5.65. The Morgan fingerprint density at radius 3 is 1.76 bits per heavy atom. The first kappa shape index (κ1) is 25.8. The Morgan fingerprint density at radius 1 is 0.757 bits per heavy atom. The number of oxime groups is 1. The van der Waals surface area contributed by atoms with Crippen molar-refractivity contribution in [2.75, 3.05) is 0 Å². The highest BCUT2D eigenvalue weighted by Crippen LogP contribution is 2.40. The molecule has 0 aromatic heterocycles. The summed E-state index contributed by atoms with van der Waals surface area (Å²) in [4.78, 5) is 0. The lowest BCUT2D eigenvalue weighted by Crippen LogP contribution is -2.31. The molecule has 6 heteroatoms. The van der Waals surface area contributed by atoms with Crippen LogP contribution in [-0.2, 0) is 15.1 Å². The molecule has 0 aliphatic carbocycles. The van der Waals surface area contributed by atoms with Gasteiger partial charge in [0.15, 0.2) is 17.2 Å². The summed E-state index contributed by atoms with van der Waals surface area (Å²) < 4.78 is 40.6. The van der Waals surface area contributed by atoms with Gasteiger partial charge in [-0.05, 0) is 19.1 Å². The van der Waals surface area contributed by atoms with Gasteiger partial charge in [0, 0.05) is 22.3 Å². The molecule has 188 valence electrons. The van der Waals surface area contributed by atoms with E-state index < -0.39 is 29.4 Å². The Balaban J connectivity index is 1.67. The molecule has 4 aromatic carbocycles. The number of hydrogen-bond acceptors (Lipinski definition) is 4. The molecule has 0 amide bonds. The Kier molecular flexibility index (Phi) is 8.44. The van der Waals surface area contributed by atoms with Crippen LogP contribution < -0.4 is 0 Å². The van der Waals surface area contributed by atoms with Gasteiger partial charge < -0.3 is 14.7 Å². The largest absolute Gasteiger partial charge is 0.481 e. The normalized spacial score (nSPS) is 13.6. The molecule has 4 nitrogen and oxygen atoms in total. The third-order valence-electron chi connectivity index (χ3n) is 5.99. The summed E-state index contributed by atoms with van der Waals surface area (Å²) in [5.74, 6) is -2.07. The highest BCUT2D eigenvalue weighted by Gasteiger charge is 2.37. The molecule has 4 rings (SSSR count). The molecule has 0 aliphatic rings. The van der Waals surface area contributed by atoms with Gasteiger partial charge in [-0.1, -0.05) is 108 Å². The first-order chi connectivity index (χ1) is 18.1. The van der Waals surface area contributed by atoms with Crippen LogP contribution in [0.25, 0.3) is 0 Å². The molecule has 4 aromatic rings. The van der Waals surface area contributed by atoms with Crippen molar-refractivity contribution in [1.29, 1.82) is 0 Å². The van der Waals surface area contributed by atoms with Gasteiger partial charge in [-0.25, -0.2) is 8.78 Å². The van der Waals surface area contributed by atoms with Crippen molar-refractivity contribution in [1.82, 2.24) is 0 Å². The minimum Gasteiger partial charge on any atom is -0.481 e. The van der Waals surface area contributed by atoms with E-state index in [0.717, 1.165) is 29.0 Å². The molecule has 2 atom stereocenters. The topological polar surface area (TPSA) is 51.0 Å². The summed E-state index contributed by atoms with van der Waals surface area (Å²) in [5, 5.41) is 12.0. The minimum absolute atomic E-state index is 0.0776. The lowest BCUT2D eigenvalue weighted by molar-refractivity contribution is 0.0544. The van der Waals surface area contributed by atoms with Crippen LogP contribution in [0.5, 0.6) is 0 Å². The predicted molar refractivity (Wildman–Crippen MR) is 139 cm³/mol. The molecule has 0 saturated heterocycles. The van der Waals surface area contributed by atoms with Crippen LogP contribution in [0, 0.1) is 11.6 Å². The zero-order chi connectivity index (χ0) is 26.1. The van der Waals surface area contributed by atoms with E-state index in [2.05, 4.69) is 5.16 Å². The van der Waals surface area contributed by atoms with Crippen molar-refractivity contribution < 1.29 is 23.5 Å². The van der Waals surface area contributed by atoms with Gasteiger partial charge >= 0.3 is 0 Å². The summed E-state index contributed by atoms with van der Waals surface area (Å²) in [6, 6.07) is 33.4. The quantitative estimate of drug-likeness (QED) is 0.0814. The molecule has 0 spiro atoms. The van der Waals surface area contributed by atoms with Crippen molar-refractivity contribution in [2.45, 2.75) is 24.7 Å². The first-order valence-electron chi connectivity index (χ1n) is 11.8. The van der Waals surface area contributed by atoms with Crippen LogP contribution in [0.15, 0.2) is 127 Å². The van der Waals surface area contributed by atoms with Gasteiger partial charge in [0.25, 0.3) is 0 Å². The number of benzene rings is 4. The fraction of sp³-hybridized carbons (Fsp3) is 0.129. The molecule has 0 aliphatic heterocycles. The third-order valence-corrected chi connectivity index (χ3v) is 5.99. The lowest BCUT2D eigenvalue weighted by atomic mass is 9.80. The molecule has 0 heterocycles. The van der Waals surface area contributed by atoms with E-state index in [9.17, 15) is 8.78 Å². The van der Waals surface area contributed by atoms with Crippen molar-refractivity contribution in [3.63, 3.8) is 0 Å². The van der Waals surface area contributed by atoms with Crippen molar-refractivity contribution in [3.8, 4) is 0 Å². The van der Waals surface area contributed by atoms with Crippen LogP contribution in [0.2, 0.25) is 0 Å².